The molecule has 3 rings (SSSR count). The van der Waals surface area contributed by atoms with Crippen LogP contribution in [0.25, 0.3) is 0 Å². The molecule has 1 atom stereocenters. The van der Waals surface area contributed by atoms with Crippen molar-refractivity contribution in [2.45, 2.75) is 46.1 Å². The summed E-state index contributed by atoms with van der Waals surface area (Å²) in [7, 11) is 0. The number of nitrogens with zero attached hydrogens (tertiary/aromatic N) is 1. The highest BCUT2D eigenvalue weighted by Crippen LogP contribution is 2.25. The number of carbonyl (C=O) groups is 2. The first-order valence-electron chi connectivity index (χ1n) is 11.2. The van der Waals surface area contributed by atoms with Crippen molar-refractivity contribution in [2.75, 3.05) is 16.8 Å². The zero-order chi connectivity index (χ0) is 24.0. The largest absolute Gasteiger partial charge is 0.481 e. The molecule has 5 nitrogen and oxygen atoms in total. The van der Waals surface area contributed by atoms with Gasteiger partial charge >= 0.3 is 0 Å². The number of benzene rings is 3. The van der Waals surface area contributed by atoms with Gasteiger partial charge in [0, 0.05) is 12.2 Å². The number of rotatable bonds is 7. The fourth-order valence-electron chi connectivity index (χ4n) is 3.50. The van der Waals surface area contributed by atoms with E-state index in [4.69, 9.17) is 4.74 Å². The van der Waals surface area contributed by atoms with Crippen LogP contribution in [0, 0.1) is 0 Å². The van der Waals surface area contributed by atoms with E-state index in [2.05, 4.69) is 26.1 Å². The molecule has 0 saturated carbocycles. The van der Waals surface area contributed by atoms with E-state index in [1.54, 1.807) is 36.1 Å². The predicted molar refractivity (Wildman–Crippen MR) is 134 cm³/mol. The molecule has 0 aromatic heterocycles. The fourth-order valence-corrected chi connectivity index (χ4v) is 3.50. The number of anilines is 2. The number of carbonyl (C=O) groups excluding carboxylic acids is 2. The smallest absolute Gasteiger partial charge is 0.265 e. The van der Waals surface area contributed by atoms with E-state index in [1.165, 1.54) is 5.56 Å². The van der Waals surface area contributed by atoms with E-state index < -0.39 is 6.10 Å². The Morgan fingerprint density at radius 3 is 2.12 bits per heavy atom. The lowest BCUT2D eigenvalue weighted by molar-refractivity contribution is -0.122. The lowest BCUT2D eigenvalue weighted by Crippen LogP contribution is -2.33. The maximum absolute atomic E-state index is 13.3. The predicted octanol–water partition coefficient (Wildman–Crippen LogP) is 6.06. The van der Waals surface area contributed by atoms with Gasteiger partial charge in [0.05, 0.1) is 11.3 Å². The van der Waals surface area contributed by atoms with Gasteiger partial charge in [-0.25, -0.2) is 0 Å². The summed E-state index contributed by atoms with van der Waals surface area (Å²) < 4.78 is 5.85. The number of ether oxygens (including phenoxy) is 1. The molecule has 0 bridgehead atoms. The van der Waals surface area contributed by atoms with Gasteiger partial charge in [-0.2, -0.15) is 0 Å². The van der Waals surface area contributed by atoms with E-state index in [0.717, 1.165) is 5.69 Å². The Balaban J connectivity index is 1.73. The van der Waals surface area contributed by atoms with Crippen LogP contribution in [0.1, 0.15) is 50.5 Å². The van der Waals surface area contributed by atoms with Crippen molar-refractivity contribution < 1.29 is 14.3 Å². The van der Waals surface area contributed by atoms with Crippen LogP contribution in [0.3, 0.4) is 0 Å². The van der Waals surface area contributed by atoms with Crippen molar-refractivity contribution in [2.24, 2.45) is 0 Å². The molecule has 0 saturated heterocycles. The molecule has 5 heteroatoms. The highest BCUT2D eigenvalue weighted by molar-refractivity contribution is 6.11. The number of para-hydroxylation sites is 2. The van der Waals surface area contributed by atoms with E-state index in [-0.39, 0.29) is 17.2 Å². The molecule has 1 N–H and O–H groups in total. The molecule has 3 aromatic carbocycles. The maximum atomic E-state index is 13.3. The fraction of sp³-hybridized carbons (Fsp3) is 0.286. The minimum atomic E-state index is -0.731. The quantitative estimate of drug-likeness (QED) is 0.482. The molecule has 1 unspecified atom stereocenters. The Kier molecular flexibility index (Phi) is 7.54. The molecule has 0 radical (unpaired) electrons. The maximum Gasteiger partial charge on any atom is 0.265 e. The molecular weight excluding hydrogens is 412 g/mol. The third-order valence-electron chi connectivity index (χ3n) is 5.45. The van der Waals surface area contributed by atoms with Gasteiger partial charge < -0.3 is 15.0 Å². The van der Waals surface area contributed by atoms with Gasteiger partial charge in [0.25, 0.3) is 11.8 Å². The zero-order valence-electron chi connectivity index (χ0n) is 20.0. The summed E-state index contributed by atoms with van der Waals surface area (Å²) in [4.78, 5) is 27.8. The Morgan fingerprint density at radius 1 is 0.909 bits per heavy atom. The van der Waals surface area contributed by atoms with Gasteiger partial charge in [-0.1, -0.05) is 63.2 Å². The summed E-state index contributed by atoms with van der Waals surface area (Å²) in [5.74, 6) is 0.125. The van der Waals surface area contributed by atoms with Crippen LogP contribution in [0.5, 0.6) is 5.75 Å². The Hall–Kier alpha value is -3.60. The SMILES string of the molecule is CCN(C(=O)c1ccccc1NC(=O)C(C)Oc1ccc(C(C)(C)C)cc1)c1ccccc1. The van der Waals surface area contributed by atoms with Crippen LogP contribution in [-0.2, 0) is 10.2 Å². The summed E-state index contributed by atoms with van der Waals surface area (Å²) in [6.45, 7) is 10.6. The summed E-state index contributed by atoms with van der Waals surface area (Å²) >= 11 is 0. The second kappa shape index (κ2) is 10.3. The highest BCUT2D eigenvalue weighted by Gasteiger charge is 2.22. The van der Waals surface area contributed by atoms with Crippen LogP contribution in [0.15, 0.2) is 78.9 Å². The van der Waals surface area contributed by atoms with Crippen LogP contribution in [-0.4, -0.2) is 24.5 Å². The van der Waals surface area contributed by atoms with Crippen LogP contribution >= 0.6 is 0 Å². The molecule has 0 aliphatic heterocycles. The molecule has 0 aliphatic rings. The van der Waals surface area contributed by atoms with Gasteiger partial charge in [-0.15, -0.1) is 0 Å². The van der Waals surface area contributed by atoms with Crippen LogP contribution < -0.4 is 15.0 Å². The van der Waals surface area contributed by atoms with Gasteiger partial charge in [0.15, 0.2) is 6.10 Å². The van der Waals surface area contributed by atoms with Crippen LogP contribution in [0.4, 0.5) is 11.4 Å². The highest BCUT2D eigenvalue weighted by atomic mass is 16.5. The van der Waals surface area contributed by atoms with Crippen molar-refractivity contribution in [1.82, 2.24) is 0 Å². The van der Waals surface area contributed by atoms with Crippen molar-refractivity contribution in [3.63, 3.8) is 0 Å². The molecule has 172 valence electrons. The molecule has 0 spiro atoms. The lowest BCUT2D eigenvalue weighted by Gasteiger charge is -2.23. The van der Waals surface area contributed by atoms with Crippen molar-refractivity contribution in [1.29, 1.82) is 0 Å². The number of nitrogens with one attached hydrogen (secondary N) is 1. The van der Waals surface area contributed by atoms with Gasteiger partial charge in [-0.05, 0) is 61.2 Å². The van der Waals surface area contributed by atoms with Crippen LogP contribution in [0.2, 0.25) is 0 Å². The minimum Gasteiger partial charge on any atom is -0.481 e. The van der Waals surface area contributed by atoms with Crippen molar-refractivity contribution in [3.8, 4) is 5.75 Å². The number of hydrogen-bond acceptors (Lipinski definition) is 3. The Labute approximate surface area is 196 Å². The molecule has 33 heavy (non-hydrogen) atoms. The lowest BCUT2D eigenvalue weighted by atomic mass is 9.87. The topological polar surface area (TPSA) is 58.6 Å². The first-order valence-corrected chi connectivity index (χ1v) is 11.2. The zero-order valence-corrected chi connectivity index (χ0v) is 20.0. The standard InChI is InChI=1S/C28H32N2O3/c1-6-30(22-12-8-7-9-13-22)27(32)24-14-10-11-15-25(24)29-26(31)20(2)33-23-18-16-21(17-19-23)28(3,4)5/h7-20H,6H2,1-5H3,(H,29,31). The van der Waals surface area contributed by atoms with Crippen molar-refractivity contribution in [3.05, 3.63) is 90.0 Å². The summed E-state index contributed by atoms with van der Waals surface area (Å²) in [6.07, 6.45) is -0.731. The monoisotopic (exact) mass is 444 g/mol. The van der Waals surface area contributed by atoms with Gasteiger partial charge in [-0.3, -0.25) is 9.59 Å². The van der Waals surface area contributed by atoms with Gasteiger partial charge in [0.2, 0.25) is 0 Å². The summed E-state index contributed by atoms with van der Waals surface area (Å²) in [5, 5.41) is 2.87. The second-order valence-corrected chi connectivity index (χ2v) is 8.95. The van der Waals surface area contributed by atoms with E-state index in [9.17, 15) is 9.59 Å². The second-order valence-electron chi connectivity index (χ2n) is 8.95. The van der Waals surface area contributed by atoms with Crippen molar-refractivity contribution >= 4 is 23.2 Å². The Bertz CT molecular complexity index is 1090. The first-order chi connectivity index (χ1) is 15.7. The normalized spacial score (nSPS) is 12.0. The molecule has 0 heterocycles. The summed E-state index contributed by atoms with van der Waals surface area (Å²) in [5.41, 5.74) is 2.93. The number of hydrogen-bond donors (Lipinski definition) is 1. The Morgan fingerprint density at radius 2 is 1.52 bits per heavy atom. The first kappa shape index (κ1) is 24.1. The third kappa shape index (κ3) is 6.01. The minimum absolute atomic E-state index is 0.0455. The average molecular weight is 445 g/mol. The van der Waals surface area contributed by atoms with E-state index >= 15 is 0 Å². The average Bonchev–Trinajstić information content (AvgIpc) is 2.80. The van der Waals surface area contributed by atoms with E-state index in [1.807, 2.05) is 61.5 Å². The molecule has 0 fully saturated rings. The molecule has 3 aromatic rings. The summed E-state index contributed by atoms with van der Waals surface area (Å²) in [6, 6.07) is 24.3. The third-order valence-corrected chi connectivity index (χ3v) is 5.45. The molecule has 2 amide bonds. The molecule has 0 aliphatic carbocycles. The van der Waals surface area contributed by atoms with Gasteiger partial charge in [0.1, 0.15) is 5.75 Å². The number of amides is 2. The van der Waals surface area contributed by atoms with E-state index in [0.29, 0.717) is 23.5 Å². The molecular formula is C28H32N2O3.